The minimum atomic E-state index is -0.923. The van der Waals surface area contributed by atoms with Gasteiger partial charge in [0.25, 0.3) is 0 Å². The minimum absolute atomic E-state index is 0.00140. The maximum Gasteiger partial charge on any atom is 0.320 e. The molecule has 31 heavy (non-hydrogen) atoms. The summed E-state index contributed by atoms with van der Waals surface area (Å²) in [7, 11) is 1.75. The van der Waals surface area contributed by atoms with Crippen LogP contribution in [0.3, 0.4) is 0 Å². The fourth-order valence-corrected chi connectivity index (χ4v) is 4.76. The summed E-state index contributed by atoms with van der Waals surface area (Å²) in [6.07, 6.45) is 5.49. The van der Waals surface area contributed by atoms with Crippen LogP contribution in [0.25, 0.3) is 0 Å². The molecule has 0 amide bonds. The zero-order chi connectivity index (χ0) is 22.9. The zero-order valence-corrected chi connectivity index (χ0v) is 19.8. The van der Waals surface area contributed by atoms with Gasteiger partial charge in [0.2, 0.25) is 0 Å². The summed E-state index contributed by atoms with van der Waals surface area (Å²) in [6.45, 7) is 9.97. The molecule has 174 valence electrons. The Balaban J connectivity index is 1.79. The van der Waals surface area contributed by atoms with Crippen LogP contribution < -0.4 is 0 Å². The molecular formula is C24H38N2O5. The molecule has 1 aromatic heterocycles. The topological polar surface area (TPSA) is 92.9 Å². The van der Waals surface area contributed by atoms with E-state index in [2.05, 4.69) is 19.0 Å². The number of esters is 1. The van der Waals surface area contributed by atoms with E-state index < -0.39 is 17.6 Å². The number of carboxylic acid groups (broad SMARTS) is 1. The number of rotatable bonds is 10. The Kier molecular flexibility index (Phi) is 7.14. The lowest BCUT2D eigenvalue weighted by molar-refractivity contribution is -0.157. The lowest BCUT2D eigenvalue weighted by atomic mass is 9.69. The first kappa shape index (κ1) is 23.8. The molecule has 7 nitrogen and oxygen atoms in total. The maximum atomic E-state index is 12.4. The molecule has 1 heterocycles. The molecule has 1 unspecified atom stereocenters. The second-order valence-corrected chi connectivity index (χ2v) is 10.9. The monoisotopic (exact) mass is 434 g/mol. The van der Waals surface area contributed by atoms with Gasteiger partial charge in [0, 0.05) is 11.5 Å². The third-order valence-electron chi connectivity index (χ3n) is 6.19. The number of carboxylic acids is 1. The lowest BCUT2D eigenvalue weighted by Crippen LogP contribution is -2.36. The Morgan fingerprint density at radius 2 is 1.87 bits per heavy atom. The molecule has 2 aliphatic rings. The van der Waals surface area contributed by atoms with Gasteiger partial charge in [-0.15, -0.1) is 0 Å². The first-order valence-electron chi connectivity index (χ1n) is 11.6. The number of aromatic nitrogens is 1. The number of aliphatic carboxylic acids is 1. The summed E-state index contributed by atoms with van der Waals surface area (Å²) in [6, 6.07) is -0.523. The Morgan fingerprint density at radius 1 is 1.23 bits per heavy atom. The Morgan fingerprint density at radius 3 is 2.39 bits per heavy atom. The highest BCUT2D eigenvalue weighted by Gasteiger charge is 2.42. The first-order chi connectivity index (χ1) is 14.4. The standard InChI is InChI=1S/C24H38N2O5/c1-14(2)9-15-10-17(11-15)23-21(16-7-8-16)22(25-31-23)18(12-19(27)28)26(6)13-20(29)30-24(3,4)5/h14-18H,7-13H2,1-6H3,(H,27,28). The Bertz CT molecular complexity index is 784. The number of hydrogen-bond donors (Lipinski definition) is 1. The third kappa shape index (κ3) is 6.31. The molecule has 0 saturated heterocycles. The van der Waals surface area contributed by atoms with Crippen molar-refractivity contribution in [2.24, 2.45) is 11.8 Å². The van der Waals surface area contributed by atoms with E-state index in [0.29, 0.717) is 23.4 Å². The van der Waals surface area contributed by atoms with Gasteiger partial charge in [0.15, 0.2) is 0 Å². The molecule has 1 aromatic rings. The van der Waals surface area contributed by atoms with Crippen LogP contribution >= 0.6 is 0 Å². The highest BCUT2D eigenvalue weighted by Crippen LogP contribution is 2.52. The van der Waals surface area contributed by atoms with E-state index in [1.807, 2.05) is 20.8 Å². The van der Waals surface area contributed by atoms with Crippen LogP contribution in [-0.4, -0.2) is 46.3 Å². The highest BCUT2D eigenvalue weighted by molar-refractivity contribution is 5.72. The number of carbonyl (C=O) groups is 2. The summed E-state index contributed by atoms with van der Waals surface area (Å²) >= 11 is 0. The van der Waals surface area contributed by atoms with E-state index in [9.17, 15) is 14.7 Å². The number of carbonyl (C=O) groups excluding carboxylic acids is 1. The number of ether oxygens (including phenoxy) is 1. The SMILES string of the molecule is CC(C)CC1CC(c2onc(C(CC(=O)O)N(C)CC(=O)OC(C)(C)C)c2C2CC2)C1. The first-order valence-corrected chi connectivity index (χ1v) is 11.6. The van der Waals surface area contributed by atoms with Crippen molar-refractivity contribution in [3.05, 3.63) is 17.0 Å². The van der Waals surface area contributed by atoms with Gasteiger partial charge in [-0.25, -0.2) is 0 Å². The van der Waals surface area contributed by atoms with Crippen molar-refractivity contribution in [2.75, 3.05) is 13.6 Å². The van der Waals surface area contributed by atoms with Crippen molar-refractivity contribution in [1.82, 2.24) is 10.1 Å². The zero-order valence-electron chi connectivity index (χ0n) is 19.8. The normalized spacial score (nSPS) is 22.5. The average Bonchev–Trinajstić information content (AvgIpc) is 3.32. The van der Waals surface area contributed by atoms with E-state index >= 15 is 0 Å². The Labute approximate surface area is 185 Å². The smallest absolute Gasteiger partial charge is 0.320 e. The van der Waals surface area contributed by atoms with Crippen LogP contribution in [0.4, 0.5) is 0 Å². The molecule has 1 N–H and O–H groups in total. The van der Waals surface area contributed by atoms with E-state index in [1.165, 1.54) is 6.42 Å². The molecule has 2 saturated carbocycles. The second-order valence-electron chi connectivity index (χ2n) is 10.9. The summed E-state index contributed by atoms with van der Waals surface area (Å²) < 4.78 is 11.3. The maximum absolute atomic E-state index is 12.4. The van der Waals surface area contributed by atoms with Crippen molar-refractivity contribution in [1.29, 1.82) is 0 Å². The van der Waals surface area contributed by atoms with Crippen LogP contribution in [0.15, 0.2) is 4.52 Å². The van der Waals surface area contributed by atoms with Crippen molar-refractivity contribution < 1.29 is 24.0 Å². The summed E-state index contributed by atoms with van der Waals surface area (Å²) in [5.41, 5.74) is 1.21. The van der Waals surface area contributed by atoms with Crippen LogP contribution in [0, 0.1) is 11.8 Å². The van der Waals surface area contributed by atoms with E-state index in [0.717, 1.165) is 42.9 Å². The second kappa shape index (κ2) is 9.31. The molecule has 0 aromatic carbocycles. The fraction of sp³-hybridized carbons (Fsp3) is 0.792. The van der Waals surface area contributed by atoms with Crippen molar-refractivity contribution in [3.63, 3.8) is 0 Å². The largest absolute Gasteiger partial charge is 0.481 e. The fourth-order valence-electron chi connectivity index (χ4n) is 4.76. The van der Waals surface area contributed by atoms with Crippen molar-refractivity contribution in [2.45, 2.75) is 96.6 Å². The predicted molar refractivity (Wildman–Crippen MR) is 117 cm³/mol. The number of nitrogens with zero attached hydrogens (tertiary/aromatic N) is 2. The quantitative estimate of drug-likeness (QED) is 0.525. The van der Waals surface area contributed by atoms with Gasteiger partial charge in [-0.05, 0) is 77.7 Å². The van der Waals surface area contributed by atoms with Gasteiger partial charge in [-0.2, -0.15) is 0 Å². The van der Waals surface area contributed by atoms with Gasteiger partial charge in [0.05, 0.1) is 19.0 Å². The van der Waals surface area contributed by atoms with E-state index in [1.54, 1.807) is 11.9 Å². The van der Waals surface area contributed by atoms with Crippen LogP contribution in [0.2, 0.25) is 0 Å². The molecule has 3 rings (SSSR count). The molecule has 1 atom stereocenters. The highest BCUT2D eigenvalue weighted by atomic mass is 16.6. The number of likely N-dealkylation sites (N-methyl/N-ethyl adjacent to an activating group) is 1. The molecule has 7 heteroatoms. The predicted octanol–water partition coefficient (Wildman–Crippen LogP) is 4.88. The molecule has 0 radical (unpaired) electrons. The van der Waals surface area contributed by atoms with Gasteiger partial charge >= 0.3 is 11.9 Å². The van der Waals surface area contributed by atoms with Gasteiger partial charge in [-0.3, -0.25) is 14.5 Å². The summed E-state index contributed by atoms with van der Waals surface area (Å²) in [5.74, 6) is 1.86. The number of hydrogen-bond acceptors (Lipinski definition) is 6. The van der Waals surface area contributed by atoms with Gasteiger partial charge in [-0.1, -0.05) is 19.0 Å². The molecule has 2 fully saturated rings. The average molecular weight is 435 g/mol. The summed E-state index contributed by atoms with van der Waals surface area (Å²) in [5, 5.41) is 13.9. The van der Waals surface area contributed by atoms with Crippen LogP contribution in [-0.2, 0) is 14.3 Å². The molecule has 2 aliphatic carbocycles. The minimum Gasteiger partial charge on any atom is -0.481 e. The molecule has 0 spiro atoms. The van der Waals surface area contributed by atoms with Gasteiger partial charge in [0.1, 0.15) is 17.1 Å². The Hall–Kier alpha value is -1.89. The summed E-state index contributed by atoms with van der Waals surface area (Å²) in [4.78, 5) is 25.7. The molecule has 0 bridgehead atoms. The van der Waals surface area contributed by atoms with E-state index in [4.69, 9.17) is 9.26 Å². The molecule has 0 aliphatic heterocycles. The molecular weight excluding hydrogens is 396 g/mol. The van der Waals surface area contributed by atoms with Crippen LogP contribution in [0.1, 0.15) is 108 Å². The van der Waals surface area contributed by atoms with Crippen LogP contribution in [0.5, 0.6) is 0 Å². The van der Waals surface area contributed by atoms with E-state index in [-0.39, 0.29) is 18.9 Å². The van der Waals surface area contributed by atoms with Crippen molar-refractivity contribution >= 4 is 11.9 Å². The lowest BCUT2D eigenvalue weighted by Gasteiger charge is -2.35. The van der Waals surface area contributed by atoms with Crippen molar-refractivity contribution in [3.8, 4) is 0 Å². The van der Waals surface area contributed by atoms with Gasteiger partial charge < -0.3 is 14.4 Å². The third-order valence-corrected chi connectivity index (χ3v) is 6.19.